The van der Waals surface area contributed by atoms with Gasteiger partial charge in [0, 0.05) is 17.8 Å². The van der Waals surface area contributed by atoms with Crippen molar-refractivity contribution in [3.63, 3.8) is 0 Å². The standard InChI is InChI=1S/C10H10ClNO3/c1-5-8(11)7(10(14)15)6-3-2-4-12(6)9(5)13/h2-4H2,1H3,(H,14,15). The maximum absolute atomic E-state index is 11.7. The molecule has 0 bridgehead atoms. The number of carbonyl (C=O) groups is 1. The lowest BCUT2D eigenvalue weighted by molar-refractivity contribution is 0.0695. The van der Waals surface area contributed by atoms with Gasteiger partial charge in [0.25, 0.3) is 5.56 Å². The van der Waals surface area contributed by atoms with Gasteiger partial charge in [-0.25, -0.2) is 4.79 Å². The molecule has 15 heavy (non-hydrogen) atoms. The first-order valence-electron chi connectivity index (χ1n) is 4.69. The molecule has 0 amide bonds. The van der Waals surface area contributed by atoms with Crippen LogP contribution >= 0.6 is 11.6 Å². The molecule has 0 spiro atoms. The third kappa shape index (κ3) is 1.36. The fourth-order valence-electron chi connectivity index (χ4n) is 1.99. The molecule has 2 heterocycles. The van der Waals surface area contributed by atoms with E-state index in [0.29, 0.717) is 24.2 Å². The molecule has 2 rings (SSSR count). The Morgan fingerprint density at radius 3 is 2.80 bits per heavy atom. The molecule has 0 unspecified atom stereocenters. The van der Waals surface area contributed by atoms with E-state index in [9.17, 15) is 9.59 Å². The van der Waals surface area contributed by atoms with Crippen molar-refractivity contribution in [3.05, 3.63) is 32.2 Å². The third-order valence-electron chi connectivity index (χ3n) is 2.74. The van der Waals surface area contributed by atoms with Gasteiger partial charge in [-0.05, 0) is 19.8 Å². The average Bonchev–Trinajstić information content (AvgIpc) is 2.62. The minimum atomic E-state index is -1.06. The summed E-state index contributed by atoms with van der Waals surface area (Å²) >= 11 is 5.88. The number of nitrogens with zero attached hydrogens (tertiary/aromatic N) is 1. The van der Waals surface area contributed by atoms with E-state index in [-0.39, 0.29) is 16.1 Å². The summed E-state index contributed by atoms with van der Waals surface area (Å²) in [4.78, 5) is 22.8. The molecule has 0 atom stereocenters. The number of hydrogen-bond donors (Lipinski definition) is 1. The largest absolute Gasteiger partial charge is 0.478 e. The second-order valence-corrected chi connectivity index (χ2v) is 4.00. The van der Waals surface area contributed by atoms with Gasteiger partial charge in [-0.2, -0.15) is 0 Å². The fourth-order valence-corrected chi connectivity index (χ4v) is 2.26. The molecular formula is C10H10ClNO3. The lowest BCUT2D eigenvalue weighted by Crippen LogP contribution is -2.25. The maximum Gasteiger partial charge on any atom is 0.339 e. The van der Waals surface area contributed by atoms with Crippen molar-refractivity contribution in [2.24, 2.45) is 0 Å². The number of fused-ring (bicyclic) bond motifs is 1. The normalized spacial score (nSPS) is 14.0. The number of hydrogen-bond acceptors (Lipinski definition) is 2. The zero-order valence-electron chi connectivity index (χ0n) is 8.21. The summed E-state index contributed by atoms with van der Waals surface area (Å²) in [6.07, 6.45) is 1.41. The van der Waals surface area contributed by atoms with Crippen molar-refractivity contribution in [1.29, 1.82) is 0 Å². The Labute approximate surface area is 91.1 Å². The first-order valence-corrected chi connectivity index (χ1v) is 5.07. The highest BCUT2D eigenvalue weighted by Gasteiger charge is 2.25. The molecule has 0 aliphatic carbocycles. The summed E-state index contributed by atoms with van der Waals surface area (Å²) in [5, 5.41) is 9.13. The van der Waals surface area contributed by atoms with Crippen molar-refractivity contribution >= 4 is 17.6 Å². The van der Waals surface area contributed by atoms with Crippen molar-refractivity contribution in [3.8, 4) is 0 Å². The van der Waals surface area contributed by atoms with Crippen LogP contribution in [0.5, 0.6) is 0 Å². The van der Waals surface area contributed by atoms with Gasteiger partial charge in [-0.3, -0.25) is 4.79 Å². The summed E-state index contributed by atoms with van der Waals surface area (Å²) in [5.74, 6) is -1.06. The summed E-state index contributed by atoms with van der Waals surface area (Å²) < 4.78 is 1.52. The summed E-state index contributed by atoms with van der Waals surface area (Å²) in [6, 6.07) is 0. The Bertz CT molecular complexity index is 504. The van der Waals surface area contributed by atoms with Crippen LogP contribution in [-0.2, 0) is 13.0 Å². The molecule has 0 saturated carbocycles. The second-order valence-electron chi connectivity index (χ2n) is 3.63. The molecule has 0 fully saturated rings. The molecule has 0 radical (unpaired) electrons. The molecular weight excluding hydrogens is 218 g/mol. The zero-order chi connectivity index (χ0) is 11.2. The monoisotopic (exact) mass is 227 g/mol. The Morgan fingerprint density at radius 1 is 1.53 bits per heavy atom. The molecule has 1 aliphatic heterocycles. The number of aromatic nitrogens is 1. The van der Waals surface area contributed by atoms with Gasteiger partial charge < -0.3 is 9.67 Å². The second kappa shape index (κ2) is 3.38. The third-order valence-corrected chi connectivity index (χ3v) is 3.21. The van der Waals surface area contributed by atoms with Gasteiger partial charge in [0.1, 0.15) is 0 Å². The van der Waals surface area contributed by atoms with Gasteiger partial charge in [0.05, 0.1) is 10.6 Å². The quantitative estimate of drug-likeness (QED) is 0.790. The van der Waals surface area contributed by atoms with Crippen molar-refractivity contribution in [2.45, 2.75) is 26.3 Å². The highest BCUT2D eigenvalue weighted by molar-refractivity contribution is 6.34. The van der Waals surface area contributed by atoms with Crippen LogP contribution in [0.3, 0.4) is 0 Å². The highest BCUT2D eigenvalue weighted by Crippen LogP contribution is 2.25. The smallest absolute Gasteiger partial charge is 0.339 e. The van der Waals surface area contributed by atoms with E-state index >= 15 is 0 Å². The molecule has 1 aromatic heterocycles. The Kier molecular flexibility index (Phi) is 2.31. The van der Waals surface area contributed by atoms with Crippen LogP contribution < -0.4 is 5.56 Å². The molecule has 1 N–H and O–H groups in total. The van der Waals surface area contributed by atoms with Crippen LogP contribution in [0.2, 0.25) is 5.02 Å². The molecule has 4 nitrogen and oxygen atoms in total. The van der Waals surface area contributed by atoms with Gasteiger partial charge in [-0.1, -0.05) is 11.6 Å². The summed E-state index contributed by atoms with van der Waals surface area (Å²) in [6.45, 7) is 2.15. The van der Waals surface area contributed by atoms with E-state index in [0.717, 1.165) is 6.42 Å². The number of halogens is 1. The van der Waals surface area contributed by atoms with Crippen LogP contribution in [0.25, 0.3) is 0 Å². The Morgan fingerprint density at radius 2 is 2.20 bits per heavy atom. The minimum Gasteiger partial charge on any atom is -0.478 e. The summed E-state index contributed by atoms with van der Waals surface area (Å²) in [5.41, 5.74) is 0.798. The van der Waals surface area contributed by atoms with Crippen LogP contribution in [0.4, 0.5) is 0 Å². The van der Waals surface area contributed by atoms with Gasteiger partial charge in [-0.15, -0.1) is 0 Å². The highest BCUT2D eigenvalue weighted by atomic mass is 35.5. The molecule has 5 heteroatoms. The van der Waals surface area contributed by atoms with E-state index in [1.165, 1.54) is 4.57 Å². The van der Waals surface area contributed by atoms with Gasteiger partial charge in [0.2, 0.25) is 0 Å². The van der Waals surface area contributed by atoms with E-state index in [2.05, 4.69) is 0 Å². The molecule has 80 valence electrons. The molecule has 0 aromatic carbocycles. The maximum atomic E-state index is 11.7. The number of carboxylic acid groups (broad SMARTS) is 1. The first-order chi connectivity index (χ1) is 7.04. The number of rotatable bonds is 1. The predicted molar refractivity (Wildman–Crippen MR) is 55.7 cm³/mol. The first kappa shape index (κ1) is 10.2. The van der Waals surface area contributed by atoms with Gasteiger partial charge in [0.15, 0.2) is 0 Å². The lowest BCUT2D eigenvalue weighted by atomic mass is 10.1. The van der Waals surface area contributed by atoms with E-state index < -0.39 is 5.97 Å². The number of carboxylic acids is 1. The van der Waals surface area contributed by atoms with Crippen molar-refractivity contribution in [2.75, 3.05) is 0 Å². The SMILES string of the molecule is Cc1c(Cl)c(C(=O)O)c2n(c1=O)CCC2. The van der Waals surface area contributed by atoms with Gasteiger partial charge >= 0.3 is 5.97 Å². The predicted octanol–water partition coefficient (Wildman–Crippen LogP) is 1.45. The van der Waals surface area contributed by atoms with Crippen molar-refractivity contribution in [1.82, 2.24) is 4.57 Å². The minimum absolute atomic E-state index is 0.0839. The van der Waals surface area contributed by atoms with Crippen molar-refractivity contribution < 1.29 is 9.90 Å². The fraction of sp³-hybridized carbons (Fsp3) is 0.400. The molecule has 1 aliphatic rings. The average molecular weight is 228 g/mol. The Hall–Kier alpha value is -1.29. The zero-order valence-corrected chi connectivity index (χ0v) is 8.97. The molecule has 0 saturated heterocycles. The van der Waals surface area contributed by atoms with Crippen LogP contribution in [0.15, 0.2) is 4.79 Å². The van der Waals surface area contributed by atoms with E-state index in [1.807, 2.05) is 0 Å². The lowest BCUT2D eigenvalue weighted by Gasteiger charge is -2.10. The van der Waals surface area contributed by atoms with Crippen LogP contribution in [0, 0.1) is 6.92 Å². The van der Waals surface area contributed by atoms with Crippen LogP contribution in [-0.4, -0.2) is 15.6 Å². The number of aromatic carboxylic acids is 1. The Balaban J connectivity index is 2.87. The van der Waals surface area contributed by atoms with E-state index in [4.69, 9.17) is 16.7 Å². The van der Waals surface area contributed by atoms with E-state index in [1.54, 1.807) is 6.92 Å². The number of pyridine rings is 1. The topological polar surface area (TPSA) is 59.3 Å². The summed E-state index contributed by atoms with van der Waals surface area (Å²) in [7, 11) is 0. The van der Waals surface area contributed by atoms with Crippen LogP contribution in [0.1, 0.15) is 28.0 Å². The molecule has 1 aromatic rings.